The normalized spacial score (nSPS) is 11.6. The minimum Gasteiger partial charge on any atom is -0.480 e. The van der Waals surface area contributed by atoms with Crippen molar-refractivity contribution in [2.75, 3.05) is 6.54 Å². The van der Waals surface area contributed by atoms with E-state index in [1.165, 1.54) is 0 Å². The van der Waals surface area contributed by atoms with Gasteiger partial charge in [0.15, 0.2) is 0 Å². The van der Waals surface area contributed by atoms with Gasteiger partial charge in [0.05, 0.1) is 6.54 Å². The fraction of sp³-hybridized carbons (Fsp3) is 0.667. The number of rotatable bonds is 6. The molecule has 0 aliphatic rings. The Hall–Kier alpha value is -1.59. The van der Waals surface area contributed by atoms with E-state index in [4.69, 9.17) is 5.11 Å². The molecule has 86 valence electrons. The van der Waals surface area contributed by atoms with Crippen LogP contribution < -0.4 is 10.6 Å². The van der Waals surface area contributed by atoms with E-state index >= 15 is 0 Å². The number of hydrogen-bond acceptors (Lipinski definition) is 3. The fourth-order valence-electron chi connectivity index (χ4n) is 0.888. The van der Waals surface area contributed by atoms with Crippen LogP contribution >= 0.6 is 0 Å². The SMILES string of the molecule is CCC(=O)NCC(=O)NC(CC)C(=O)O. The molecule has 1 atom stereocenters. The van der Waals surface area contributed by atoms with Crippen LogP contribution in [-0.2, 0) is 14.4 Å². The molecule has 0 aromatic heterocycles. The molecule has 0 saturated heterocycles. The lowest BCUT2D eigenvalue weighted by molar-refractivity contribution is -0.141. The molecule has 15 heavy (non-hydrogen) atoms. The molecular formula is C9H16N2O4. The molecule has 0 fully saturated rings. The molecule has 0 aromatic rings. The smallest absolute Gasteiger partial charge is 0.326 e. The van der Waals surface area contributed by atoms with Crippen molar-refractivity contribution < 1.29 is 19.5 Å². The first kappa shape index (κ1) is 13.4. The number of carbonyl (C=O) groups excluding carboxylic acids is 2. The average molecular weight is 216 g/mol. The maximum Gasteiger partial charge on any atom is 0.326 e. The van der Waals surface area contributed by atoms with Crippen LogP contribution in [0.1, 0.15) is 26.7 Å². The zero-order valence-corrected chi connectivity index (χ0v) is 8.87. The van der Waals surface area contributed by atoms with Gasteiger partial charge in [0.1, 0.15) is 6.04 Å². The predicted molar refractivity (Wildman–Crippen MR) is 53.2 cm³/mol. The maximum atomic E-state index is 11.1. The lowest BCUT2D eigenvalue weighted by atomic mass is 10.2. The van der Waals surface area contributed by atoms with Gasteiger partial charge in [-0.3, -0.25) is 9.59 Å². The van der Waals surface area contributed by atoms with Crippen molar-refractivity contribution in [2.45, 2.75) is 32.7 Å². The zero-order chi connectivity index (χ0) is 11.8. The second-order valence-corrected chi connectivity index (χ2v) is 3.00. The van der Waals surface area contributed by atoms with Crippen LogP contribution in [0.2, 0.25) is 0 Å². The highest BCUT2D eigenvalue weighted by Crippen LogP contribution is 1.90. The van der Waals surface area contributed by atoms with Gasteiger partial charge < -0.3 is 15.7 Å². The number of carboxylic acid groups (broad SMARTS) is 1. The van der Waals surface area contributed by atoms with Crippen LogP contribution in [0.25, 0.3) is 0 Å². The van der Waals surface area contributed by atoms with E-state index in [9.17, 15) is 14.4 Å². The molecule has 1 unspecified atom stereocenters. The van der Waals surface area contributed by atoms with Crippen molar-refractivity contribution in [2.24, 2.45) is 0 Å². The Balaban J connectivity index is 3.91. The molecule has 0 rings (SSSR count). The van der Waals surface area contributed by atoms with E-state index < -0.39 is 17.9 Å². The van der Waals surface area contributed by atoms with E-state index in [1.54, 1.807) is 13.8 Å². The number of nitrogens with one attached hydrogen (secondary N) is 2. The molecule has 0 heterocycles. The van der Waals surface area contributed by atoms with Gasteiger partial charge in [-0.1, -0.05) is 13.8 Å². The van der Waals surface area contributed by atoms with Crippen molar-refractivity contribution in [3.63, 3.8) is 0 Å². The van der Waals surface area contributed by atoms with Crippen molar-refractivity contribution in [1.29, 1.82) is 0 Å². The predicted octanol–water partition coefficient (Wildman–Crippen LogP) is -0.508. The van der Waals surface area contributed by atoms with E-state index in [0.717, 1.165) is 0 Å². The highest BCUT2D eigenvalue weighted by molar-refractivity contribution is 5.87. The molecule has 0 aliphatic heterocycles. The Kier molecular flexibility index (Phi) is 6.08. The van der Waals surface area contributed by atoms with Crippen molar-refractivity contribution in [1.82, 2.24) is 10.6 Å². The Labute approximate surface area is 88.0 Å². The van der Waals surface area contributed by atoms with Crippen molar-refractivity contribution in [3.05, 3.63) is 0 Å². The van der Waals surface area contributed by atoms with Gasteiger partial charge in [0.25, 0.3) is 0 Å². The third-order valence-electron chi connectivity index (χ3n) is 1.81. The minimum absolute atomic E-state index is 0.184. The number of hydrogen-bond donors (Lipinski definition) is 3. The molecule has 6 nitrogen and oxygen atoms in total. The quantitative estimate of drug-likeness (QED) is 0.557. The standard InChI is InChI=1S/C9H16N2O4/c1-3-6(9(14)15)11-8(13)5-10-7(12)4-2/h6H,3-5H2,1-2H3,(H,10,12)(H,11,13)(H,14,15). The Bertz CT molecular complexity index is 252. The molecule has 0 saturated carbocycles. The molecule has 0 aromatic carbocycles. The summed E-state index contributed by atoms with van der Waals surface area (Å²) in [7, 11) is 0. The summed E-state index contributed by atoms with van der Waals surface area (Å²) in [6.07, 6.45) is 0.603. The van der Waals surface area contributed by atoms with Crippen LogP contribution in [0.4, 0.5) is 0 Å². The van der Waals surface area contributed by atoms with Crippen LogP contribution in [0.3, 0.4) is 0 Å². The molecule has 0 aliphatic carbocycles. The minimum atomic E-state index is -1.08. The molecule has 2 amide bonds. The maximum absolute atomic E-state index is 11.1. The van der Waals surface area contributed by atoms with Gasteiger partial charge in [-0.15, -0.1) is 0 Å². The fourth-order valence-corrected chi connectivity index (χ4v) is 0.888. The second-order valence-electron chi connectivity index (χ2n) is 3.00. The largest absolute Gasteiger partial charge is 0.480 e. The van der Waals surface area contributed by atoms with Gasteiger partial charge in [-0.25, -0.2) is 4.79 Å². The molecule has 6 heteroatoms. The number of aliphatic carboxylic acids is 1. The van der Waals surface area contributed by atoms with Gasteiger partial charge in [-0.05, 0) is 6.42 Å². The van der Waals surface area contributed by atoms with Gasteiger partial charge >= 0.3 is 5.97 Å². The van der Waals surface area contributed by atoms with E-state index in [-0.39, 0.29) is 12.5 Å². The number of carboxylic acids is 1. The highest BCUT2D eigenvalue weighted by atomic mass is 16.4. The molecule has 3 N–H and O–H groups in total. The van der Waals surface area contributed by atoms with E-state index in [0.29, 0.717) is 12.8 Å². The van der Waals surface area contributed by atoms with E-state index in [2.05, 4.69) is 10.6 Å². The Morgan fingerprint density at radius 2 is 1.80 bits per heavy atom. The van der Waals surface area contributed by atoms with Gasteiger partial charge in [0.2, 0.25) is 11.8 Å². The molecular weight excluding hydrogens is 200 g/mol. The van der Waals surface area contributed by atoms with Gasteiger partial charge in [0, 0.05) is 6.42 Å². The number of amides is 2. The Morgan fingerprint density at radius 1 is 1.20 bits per heavy atom. The first-order chi connectivity index (χ1) is 7.01. The average Bonchev–Trinajstić information content (AvgIpc) is 2.21. The molecule has 0 bridgehead atoms. The Morgan fingerprint density at radius 3 is 2.20 bits per heavy atom. The van der Waals surface area contributed by atoms with Crippen LogP contribution in [0.5, 0.6) is 0 Å². The summed E-state index contributed by atoms with van der Waals surface area (Å²) in [6.45, 7) is 3.14. The van der Waals surface area contributed by atoms with Gasteiger partial charge in [-0.2, -0.15) is 0 Å². The van der Waals surface area contributed by atoms with Crippen molar-refractivity contribution >= 4 is 17.8 Å². The second kappa shape index (κ2) is 6.80. The summed E-state index contributed by atoms with van der Waals surface area (Å²) in [6, 6.07) is -0.893. The summed E-state index contributed by atoms with van der Waals surface area (Å²) in [4.78, 5) is 32.5. The van der Waals surface area contributed by atoms with E-state index in [1.807, 2.05) is 0 Å². The third kappa shape index (κ3) is 5.66. The molecule has 0 radical (unpaired) electrons. The molecule has 0 spiro atoms. The summed E-state index contributed by atoms with van der Waals surface area (Å²) < 4.78 is 0. The summed E-state index contributed by atoms with van der Waals surface area (Å²) in [5.41, 5.74) is 0. The van der Waals surface area contributed by atoms with Crippen LogP contribution in [-0.4, -0.2) is 35.5 Å². The lowest BCUT2D eigenvalue weighted by Gasteiger charge is -2.12. The highest BCUT2D eigenvalue weighted by Gasteiger charge is 2.17. The van der Waals surface area contributed by atoms with Crippen LogP contribution in [0.15, 0.2) is 0 Å². The first-order valence-electron chi connectivity index (χ1n) is 4.80. The number of carbonyl (C=O) groups is 3. The monoisotopic (exact) mass is 216 g/mol. The summed E-state index contributed by atoms with van der Waals surface area (Å²) in [5.74, 6) is -1.81. The van der Waals surface area contributed by atoms with Crippen LogP contribution in [0, 0.1) is 0 Å². The lowest BCUT2D eigenvalue weighted by Crippen LogP contribution is -2.45. The zero-order valence-electron chi connectivity index (χ0n) is 8.87. The first-order valence-corrected chi connectivity index (χ1v) is 4.80. The topological polar surface area (TPSA) is 95.5 Å². The van der Waals surface area contributed by atoms with Crippen molar-refractivity contribution in [3.8, 4) is 0 Å². The summed E-state index contributed by atoms with van der Waals surface area (Å²) in [5, 5.41) is 13.3. The summed E-state index contributed by atoms with van der Waals surface area (Å²) >= 11 is 0. The third-order valence-corrected chi connectivity index (χ3v) is 1.81.